The molecule has 1 atom stereocenters. The minimum Gasteiger partial charge on any atom is -0.396 e. The van der Waals surface area contributed by atoms with Crippen LogP contribution in [0.5, 0.6) is 0 Å². The molecule has 102 valence electrons. The number of hydrogen-bond donors (Lipinski definition) is 1. The second-order valence-electron chi connectivity index (χ2n) is 5.10. The highest BCUT2D eigenvalue weighted by atomic mass is 16.3. The molecule has 0 saturated carbocycles. The van der Waals surface area contributed by atoms with Gasteiger partial charge >= 0.3 is 0 Å². The molecular weight excluding hydrogens is 238 g/mol. The molecule has 2 rings (SSSR count). The third kappa shape index (κ3) is 3.25. The molecule has 1 saturated heterocycles. The lowest BCUT2D eigenvalue weighted by molar-refractivity contribution is 0.253. The average Bonchev–Trinajstić information content (AvgIpc) is 2.60. The van der Waals surface area contributed by atoms with E-state index in [-0.39, 0.29) is 12.6 Å². The summed E-state index contributed by atoms with van der Waals surface area (Å²) in [4.78, 5) is 4.59. The summed E-state index contributed by atoms with van der Waals surface area (Å²) < 4.78 is 0. The Kier molecular flexibility index (Phi) is 4.78. The van der Waals surface area contributed by atoms with Crippen molar-refractivity contribution in [1.29, 1.82) is 5.26 Å². The average molecular weight is 259 g/mol. The molecule has 0 bridgehead atoms. The van der Waals surface area contributed by atoms with Crippen molar-refractivity contribution in [2.24, 2.45) is 0 Å². The molecule has 1 unspecified atom stereocenters. The van der Waals surface area contributed by atoms with E-state index in [1.54, 1.807) is 0 Å². The van der Waals surface area contributed by atoms with Gasteiger partial charge in [-0.05, 0) is 38.6 Å². The van der Waals surface area contributed by atoms with E-state index in [1.165, 1.54) is 0 Å². The molecule has 1 aromatic carbocycles. The van der Waals surface area contributed by atoms with E-state index < -0.39 is 0 Å². The monoisotopic (exact) mass is 259 g/mol. The zero-order chi connectivity index (χ0) is 13.7. The van der Waals surface area contributed by atoms with Gasteiger partial charge in [-0.2, -0.15) is 5.26 Å². The Morgan fingerprint density at radius 1 is 1.37 bits per heavy atom. The fourth-order valence-electron chi connectivity index (χ4n) is 2.78. The molecular formula is C15H21N3O. The number of aliphatic hydroxyl groups is 1. The summed E-state index contributed by atoms with van der Waals surface area (Å²) in [6.45, 7) is 3.12. The molecule has 1 aliphatic heterocycles. The highest BCUT2D eigenvalue weighted by molar-refractivity contribution is 5.60. The third-order valence-electron chi connectivity index (χ3n) is 3.70. The van der Waals surface area contributed by atoms with Crippen LogP contribution in [-0.4, -0.2) is 49.3 Å². The SMILES string of the molecule is CN1CCCN(c2ccccc2C#N)C(CCO)C1. The summed E-state index contributed by atoms with van der Waals surface area (Å²) in [6.07, 6.45) is 1.82. The molecule has 1 N–H and O–H groups in total. The number of hydrogen-bond acceptors (Lipinski definition) is 4. The molecule has 1 heterocycles. The Labute approximate surface area is 114 Å². The van der Waals surface area contributed by atoms with Gasteiger partial charge in [0.2, 0.25) is 0 Å². The smallest absolute Gasteiger partial charge is 0.101 e. The molecule has 0 aliphatic carbocycles. The van der Waals surface area contributed by atoms with Crippen LogP contribution in [0.4, 0.5) is 5.69 Å². The van der Waals surface area contributed by atoms with Crippen LogP contribution in [0.2, 0.25) is 0 Å². The zero-order valence-electron chi connectivity index (χ0n) is 11.4. The Bertz CT molecular complexity index is 455. The van der Waals surface area contributed by atoms with Crippen molar-refractivity contribution < 1.29 is 5.11 Å². The largest absolute Gasteiger partial charge is 0.396 e. The van der Waals surface area contributed by atoms with Crippen LogP contribution in [0.15, 0.2) is 24.3 Å². The van der Waals surface area contributed by atoms with Crippen LogP contribution < -0.4 is 4.90 Å². The first-order valence-corrected chi connectivity index (χ1v) is 6.81. The number of nitriles is 1. The summed E-state index contributed by atoms with van der Waals surface area (Å²) in [5, 5.41) is 18.5. The van der Waals surface area contributed by atoms with Crippen LogP contribution in [0.1, 0.15) is 18.4 Å². The van der Waals surface area contributed by atoms with Crippen LogP contribution >= 0.6 is 0 Å². The number of aliphatic hydroxyl groups excluding tert-OH is 1. The van der Waals surface area contributed by atoms with Gasteiger partial charge in [-0.25, -0.2) is 0 Å². The van der Waals surface area contributed by atoms with Gasteiger partial charge in [0.1, 0.15) is 6.07 Å². The maximum Gasteiger partial charge on any atom is 0.101 e. The highest BCUT2D eigenvalue weighted by Crippen LogP contribution is 2.25. The van der Waals surface area contributed by atoms with Crippen LogP contribution in [0, 0.1) is 11.3 Å². The number of rotatable bonds is 3. The Morgan fingerprint density at radius 2 is 2.16 bits per heavy atom. The molecule has 0 spiro atoms. The fourth-order valence-corrected chi connectivity index (χ4v) is 2.78. The van der Waals surface area contributed by atoms with Crippen molar-refractivity contribution in [3.05, 3.63) is 29.8 Å². The molecule has 19 heavy (non-hydrogen) atoms. The van der Waals surface area contributed by atoms with E-state index in [1.807, 2.05) is 24.3 Å². The first-order valence-electron chi connectivity index (χ1n) is 6.81. The molecule has 1 aromatic rings. The Hall–Kier alpha value is -1.57. The van der Waals surface area contributed by atoms with Gasteiger partial charge < -0.3 is 14.9 Å². The summed E-state index contributed by atoms with van der Waals surface area (Å²) in [5.41, 5.74) is 1.72. The Morgan fingerprint density at radius 3 is 2.89 bits per heavy atom. The lowest BCUT2D eigenvalue weighted by Gasteiger charge is -2.33. The van der Waals surface area contributed by atoms with E-state index in [0.717, 1.165) is 43.7 Å². The molecule has 0 radical (unpaired) electrons. The van der Waals surface area contributed by atoms with Gasteiger partial charge in [-0.15, -0.1) is 0 Å². The first kappa shape index (κ1) is 13.9. The quantitative estimate of drug-likeness (QED) is 0.892. The molecule has 0 aromatic heterocycles. The standard InChI is InChI=1S/C15H21N3O/c1-17-8-4-9-18(14(12-17)7-10-19)15-6-3-2-5-13(15)11-16/h2-3,5-6,14,19H,4,7-10,12H2,1H3. The lowest BCUT2D eigenvalue weighted by atomic mass is 10.1. The van der Waals surface area contributed by atoms with E-state index in [0.29, 0.717) is 0 Å². The van der Waals surface area contributed by atoms with Gasteiger partial charge in [0.15, 0.2) is 0 Å². The predicted molar refractivity (Wildman–Crippen MR) is 76.1 cm³/mol. The van der Waals surface area contributed by atoms with Gasteiger partial charge in [-0.1, -0.05) is 12.1 Å². The van der Waals surface area contributed by atoms with Crippen molar-refractivity contribution in [2.45, 2.75) is 18.9 Å². The summed E-state index contributed by atoms with van der Waals surface area (Å²) in [6, 6.07) is 10.3. The lowest BCUT2D eigenvalue weighted by Crippen LogP contribution is -2.41. The first-order chi connectivity index (χ1) is 9.26. The van der Waals surface area contributed by atoms with E-state index in [2.05, 4.69) is 22.9 Å². The highest BCUT2D eigenvalue weighted by Gasteiger charge is 2.24. The maximum absolute atomic E-state index is 9.28. The van der Waals surface area contributed by atoms with Crippen molar-refractivity contribution in [3.63, 3.8) is 0 Å². The van der Waals surface area contributed by atoms with Gasteiger partial charge in [0.05, 0.1) is 11.3 Å². The molecule has 0 amide bonds. The van der Waals surface area contributed by atoms with Crippen LogP contribution in [-0.2, 0) is 0 Å². The fraction of sp³-hybridized carbons (Fsp3) is 0.533. The molecule has 4 nitrogen and oxygen atoms in total. The zero-order valence-corrected chi connectivity index (χ0v) is 11.4. The number of anilines is 1. The van der Waals surface area contributed by atoms with Gasteiger partial charge in [0, 0.05) is 25.7 Å². The van der Waals surface area contributed by atoms with Crippen molar-refractivity contribution in [2.75, 3.05) is 38.2 Å². The number of likely N-dealkylation sites (N-methyl/N-ethyl adjacent to an activating group) is 1. The third-order valence-corrected chi connectivity index (χ3v) is 3.70. The van der Waals surface area contributed by atoms with E-state index in [9.17, 15) is 10.4 Å². The molecule has 1 aliphatic rings. The minimum absolute atomic E-state index is 0.184. The summed E-state index contributed by atoms with van der Waals surface area (Å²) >= 11 is 0. The maximum atomic E-state index is 9.28. The number of nitrogens with zero attached hydrogens (tertiary/aromatic N) is 3. The molecule has 4 heteroatoms. The minimum atomic E-state index is 0.184. The van der Waals surface area contributed by atoms with Gasteiger partial charge in [-0.3, -0.25) is 0 Å². The van der Waals surface area contributed by atoms with E-state index in [4.69, 9.17) is 0 Å². The van der Waals surface area contributed by atoms with Crippen molar-refractivity contribution >= 4 is 5.69 Å². The summed E-state index contributed by atoms with van der Waals surface area (Å²) in [5.74, 6) is 0. The predicted octanol–water partition coefficient (Wildman–Crippen LogP) is 1.45. The normalized spacial score (nSPS) is 20.9. The molecule has 1 fully saturated rings. The second kappa shape index (κ2) is 6.55. The number of benzene rings is 1. The van der Waals surface area contributed by atoms with Crippen molar-refractivity contribution in [1.82, 2.24) is 4.90 Å². The van der Waals surface area contributed by atoms with E-state index >= 15 is 0 Å². The number of para-hydroxylation sites is 1. The Balaban J connectivity index is 2.30. The topological polar surface area (TPSA) is 50.5 Å². The summed E-state index contributed by atoms with van der Waals surface area (Å²) in [7, 11) is 2.12. The second-order valence-corrected chi connectivity index (χ2v) is 5.10. The van der Waals surface area contributed by atoms with Crippen molar-refractivity contribution in [3.8, 4) is 6.07 Å². The van der Waals surface area contributed by atoms with Crippen LogP contribution in [0.25, 0.3) is 0 Å². The van der Waals surface area contributed by atoms with Crippen LogP contribution in [0.3, 0.4) is 0 Å². The van der Waals surface area contributed by atoms with Gasteiger partial charge in [0.25, 0.3) is 0 Å².